The molecular weight excluding hydrogens is 252 g/mol. The Hall–Kier alpha value is -1.14. The molecular formula is C13H24O6. The number of ether oxygens (including phenoxy) is 4. The highest BCUT2D eigenvalue weighted by Crippen LogP contribution is 2.07. The van der Waals surface area contributed by atoms with Crippen molar-refractivity contribution in [2.75, 3.05) is 33.5 Å². The van der Waals surface area contributed by atoms with E-state index in [2.05, 4.69) is 4.74 Å². The Kier molecular flexibility index (Phi) is 9.16. The molecule has 0 heterocycles. The first kappa shape index (κ1) is 17.9. The minimum absolute atomic E-state index is 0.222. The number of esters is 2. The zero-order valence-corrected chi connectivity index (χ0v) is 12.2. The molecule has 0 atom stereocenters. The highest BCUT2D eigenvalue weighted by Gasteiger charge is 2.15. The average molecular weight is 276 g/mol. The Morgan fingerprint density at radius 1 is 0.842 bits per heavy atom. The fourth-order valence-electron chi connectivity index (χ4n) is 1.13. The number of hydrogen-bond donors (Lipinski definition) is 0. The van der Waals surface area contributed by atoms with Gasteiger partial charge in [0, 0.05) is 0 Å². The molecule has 0 aromatic rings. The summed E-state index contributed by atoms with van der Waals surface area (Å²) in [5.74, 6) is -0.579. The van der Waals surface area contributed by atoms with Crippen molar-refractivity contribution in [2.45, 2.75) is 39.2 Å². The van der Waals surface area contributed by atoms with Gasteiger partial charge in [-0.2, -0.15) is 0 Å². The van der Waals surface area contributed by atoms with Gasteiger partial charge in [0.25, 0.3) is 0 Å². The topological polar surface area (TPSA) is 71.1 Å². The smallest absolute Gasteiger partial charge is 0.308 e. The maximum absolute atomic E-state index is 11.3. The Balaban J connectivity index is 3.32. The van der Waals surface area contributed by atoms with Crippen molar-refractivity contribution in [3.63, 3.8) is 0 Å². The normalized spacial score (nSPS) is 11.2. The zero-order valence-electron chi connectivity index (χ0n) is 12.2. The summed E-state index contributed by atoms with van der Waals surface area (Å²) >= 11 is 0. The number of hydrogen-bond acceptors (Lipinski definition) is 6. The SMILES string of the molecule is COC(=O)CCOCCOCCC(=O)OC(C)(C)C. The van der Waals surface area contributed by atoms with Crippen molar-refractivity contribution in [2.24, 2.45) is 0 Å². The number of carbonyl (C=O) groups is 2. The number of carbonyl (C=O) groups excluding carboxylic acids is 2. The molecule has 19 heavy (non-hydrogen) atoms. The lowest BCUT2D eigenvalue weighted by Gasteiger charge is -2.19. The molecule has 0 amide bonds. The van der Waals surface area contributed by atoms with Gasteiger partial charge in [-0.3, -0.25) is 9.59 Å². The molecule has 0 saturated heterocycles. The average Bonchev–Trinajstić information content (AvgIpc) is 2.29. The molecule has 0 aromatic heterocycles. The Bertz CT molecular complexity index is 269. The minimum atomic E-state index is -0.464. The first-order valence-electron chi connectivity index (χ1n) is 6.29. The van der Waals surface area contributed by atoms with E-state index in [1.165, 1.54) is 7.11 Å². The quantitative estimate of drug-likeness (QED) is 0.467. The third kappa shape index (κ3) is 13.1. The van der Waals surface area contributed by atoms with Crippen LogP contribution in [-0.4, -0.2) is 51.1 Å². The summed E-state index contributed by atoms with van der Waals surface area (Å²) in [7, 11) is 1.34. The molecule has 0 spiro atoms. The van der Waals surface area contributed by atoms with Gasteiger partial charge >= 0.3 is 11.9 Å². The van der Waals surface area contributed by atoms with Crippen LogP contribution in [0.25, 0.3) is 0 Å². The van der Waals surface area contributed by atoms with Crippen LogP contribution in [0.1, 0.15) is 33.6 Å². The Morgan fingerprint density at radius 3 is 1.74 bits per heavy atom. The molecule has 0 unspecified atom stereocenters. The molecule has 0 bridgehead atoms. The van der Waals surface area contributed by atoms with Gasteiger partial charge in [-0.1, -0.05) is 0 Å². The largest absolute Gasteiger partial charge is 0.469 e. The maximum atomic E-state index is 11.3. The van der Waals surface area contributed by atoms with Crippen LogP contribution in [0.15, 0.2) is 0 Å². The molecule has 6 heteroatoms. The fourth-order valence-corrected chi connectivity index (χ4v) is 1.13. The third-order valence-electron chi connectivity index (χ3n) is 1.92. The zero-order chi connectivity index (χ0) is 14.7. The Morgan fingerprint density at radius 2 is 1.32 bits per heavy atom. The minimum Gasteiger partial charge on any atom is -0.469 e. The molecule has 0 radical (unpaired) electrons. The summed E-state index contributed by atoms with van der Waals surface area (Å²) in [4.78, 5) is 22.1. The summed E-state index contributed by atoms with van der Waals surface area (Å²) in [6, 6.07) is 0. The van der Waals surface area contributed by atoms with Crippen molar-refractivity contribution < 1.29 is 28.5 Å². The van der Waals surface area contributed by atoms with Gasteiger partial charge in [0.05, 0.1) is 46.4 Å². The van der Waals surface area contributed by atoms with E-state index in [0.29, 0.717) is 26.4 Å². The molecule has 0 aliphatic rings. The van der Waals surface area contributed by atoms with Gasteiger partial charge in [-0.25, -0.2) is 0 Å². The third-order valence-corrected chi connectivity index (χ3v) is 1.92. The monoisotopic (exact) mass is 276 g/mol. The van der Waals surface area contributed by atoms with Gasteiger partial charge in [0.1, 0.15) is 5.60 Å². The molecule has 6 nitrogen and oxygen atoms in total. The summed E-state index contributed by atoms with van der Waals surface area (Å²) in [5, 5.41) is 0. The van der Waals surface area contributed by atoms with Crippen molar-refractivity contribution in [3.05, 3.63) is 0 Å². The second-order valence-electron chi connectivity index (χ2n) is 4.89. The molecule has 0 fully saturated rings. The van der Waals surface area contributed by atoms with Crippen LogP contribution in [0.2, 0.25) is 0 Å². The van der Waals surface area contributed by atoms with Crippen LogP contribution in [-0.2, 0) is 28.5 Å². The Labute approximate surface area is 114 Å². The lowest BCUT2D eigenvalue weighted by atomic mass is 10.2. The van der Waals surface area contributed by atoms with E-state index >= 15 is 0 Å². The lowest BCUT2D eigenvalue weighted by molar-refractivity contribution is -0.156. The van der Waals surface area contributed by atoms with Gasteiger partial charge < -0.3 is 18.9 Å². The van der Waals surface area contributed by atoms with Crippen molar-refractivity contribution >= 4 is 11.9 Å². The van der Waals surface area contributed by atoms with E-state index in [0.717, 1.165) is 0 Å². The van der Waals surface area contributed by atoms with Gasteiger partial charge in [-0.05, 0) is 20.8 Å². The van der Waals surface area contributed by atoms with Crippen molar-refractivity contribution in [3.8, 4) is 0 Å². The van der Waals surface area contributed by atoms with Crippen LogP contribution < -0.4 is 0 Å². The van der Waals surface area contributed by atoms with Gasteiger partial charge in [0.15, 0.2) is 0 Å². The van der Waals surface area contributed by atoms with Crippen molar-refractivity contribution in [1.82, 2.24) is 0 Å². The molecule has 0 rings (SSSR count). The molecule has 0 aromatic carbocycles. The molecule has 0 aliphatic heterocycles. The van der Waals surface area contributed by atoms with Crippen LogP contribution >= 0.6 is 0 Å². The summed E-state index contributed by atoms with van der Waals surface area (Å²) in [6.07, 6.45) is 0.452. The van der Waals surface area contributed by atoms with E-state index in [1.54, 1.807) is 0 Å². The number of rotatable bonds is 9. The van der Waals surface area contributed by atoms with Gasteiger partial charge in [-0.15, -0.1) is 0 Å². The first-order valence-corrected chi connectivity index (χ1v) is 6.29. The predicted octanol–water partition coefficient (Wildman–Crippen LogP) is 1.31. The second kappa shape index (κ2) is 9.75. The predicted molar refractivity (Wildman–Crippen MR) is 68.7 cm³/mol. The molecule has 112 valence electrons. The summed E-state index contributed by atoms with van der Waals surface area (Å²) in [6.45, 7) is 6.83. The fraction of sp³-hybridized carbons (Fsp3) is 0.846. The van der Waals surface area contributed by atoms with Crippen LogP contribution in [0, 0.1) is 0 Å². The summed E-state index contributed by atoms with van der Waals surface area (Å²) < 4.78 is 19.9. The van der Waals surface area contributed by atoms with Crippen LogP contribution in [0.3, 0.4) is 0 Å². The lowest BCUT2D eigenvalue weighted by Crippen LogP contribution is -2.24. The van der Waals surface area contributed by atoms with E-state index in [-0.39, 0.29) is 24.8 Å². The molecule has 0 aliphatic carbocycles. The van der Waals surface area contributed by atoms with E-state index in [9.17, 15) is 9.59 Å². The van der Waals surface area contributed by atoms with E-state index in [1.807, 2.05) is 20.8 Å². The van der Waals surface area contributed by atoms with E-state index < -0.39 is 5.60 Å². The van der Waals surface area contributed by atoms with Crippen LogP contribution in [0.5, 0.6) is 0 Å². The maximum Gasteiger partial charge on any atom is 0.308 e. The number of methoxy groups -OCH3 is 1. The first-order chi connectivity index (χ1) is 8.85. The highest BCUT2D eigenvalue weighted by atomic mass is 16.6. The van der Waals surface area contributed by atoms with E-state index in [4.69, 9.17) is 14.2 Å². The second-order valence-corrected chi connectivity index (χ2v) is 4.89. The van der Waals surface area contributed by atoms with Crippen LogP contribution in [0.4, 0.5) is 0 Å². The van der Waals surface area contributed by atoms with Gasteiger partial charge in [0.2, 0.25) is 0 Å². The summed E-state index contributed by atoms with van der Waals surface area (Å²) in [5.41, 5.74) is -0.464. The molecule has 0 saturated carbocycles. The standard InChI is InChI=1S/C13H24O6/c1-13(2,3)19-12(15)6-8-18-10-9-17-7-5-11(14)16-4/h5-10H2,1-4H3. The highest BCUT2D eigenvalue weighted by molar-refractivity contribution is 5.70. The van der Waals surface area contributed by atoms with Crippen molar-refractivity contribution in [1.29, 1.82) is 0 Å². The molecule has 0 N–H and O–H groups in total.